The maximum Gasteiger partial charge on any atom is 0.258 e. The average molecular weight is 515 g/mol. The third kappa shape index (κ3) is 6.21. The molecular formula is C32H35FN2O3. The first-order valence-corrected chi connectivity index (χ1v) is 13.1. The number of carbonyl (C=O) groups is 1. The van der Waals surface area contributed by atoms with Crippen LogP contribution in [0.15, 0.2) is 84.9 Å². The standard InChI is InChI=1S/C32H35FN2O3/c1-21(2)30-29(32(38)34-26-12-8-5-9-13-26)28(23-10-6-4-7-11-23)31(24-14-16-25(33)17-15-24)35(30)19-18-27(37)20-22(3)36/h4-17,21-22,27,36-37H,18-20H2,1-3H3,(H,34,38). The molecule has 198 valence electrons. The monoisotopic (exact) mass is 514 g/mol. The minimum Gasteiger partial charge on any atom is -0.393 e. The van der Waals surface area contributed by atoms with Gasteiger partial charge >= 0.3 is 0 Å². The first kappa shape index (κ1) is 27.3. The molecule has 0 bridgehead atoms. The first-order valence-electron chi connectivity index (χ1n) is 13.1. The fraction of sp³-hybridized carbons (Fsp3) is 0.281. The Morgan fingerprint density at radius 3 is 2.05 bits per heavy atom. The van der Waals surface area contributed by atoms with E-state index in [2.05, 4.69) is 9.88 Å². The van der Waals surface area contributed by atoms with Crippen molar-refractivity contribution in [1.29, 1.82) is 0 Å². The zero-order valence-corrected chi connectivity index (χ0v) is 22.1. The minimum absolute atomic E-state index is 0.0305. The van der Waals surface area contributed by atoms with Crippen LogP contribution in [0.25, 0.3) is 22.4 Å². The summed E-state index contributed by atoms with van der Waals surface area (Å²) in [7, 11) is 0. The van der Waals surface area contributed by atoms with E-state index in [1.165, 1.54) is 12.1 Å². The summed E-state index contributed by atoms with van der Waals surface area (Å²) >= 11 is 0. The molecule has 2 unspecified atom stereocenters. The van der Waals surface area contributed by atoms with Crippen molar-refractivity contribution in [2.24, 2.45) is 0 Å². The highest BCUT2D eigenvalue weighted by Gasteiger charge is 2.30. The van der Waals surface area contributed by atoms with Crippen LogP contribution in [0.2, 0.25) is 0 Å². The van der Waals surface area contributed by atoms with E-state index in [-0.39, 0.29) is 24.1 Å². The molecule has 0 saturated heterocycles. The second kappa shape index (κ2) is 12.2. The summed E-state index contributed by atoms with van der Waals surface area (Å²) in [6, 6.07) is 25.4. The van der Waals surface area contributed by atoms with E-state index >= 15 is 0 Å². The lowest BCUT2D eigenvalue weighted by Gasteiger charge is -2.19. The van der Waals surface area contributed by atoms with Crippen LogP contribution in [-0.2, 0) is 6.54 Å². The van der Waals surface area contributed by atoms with Gasteiger partial charge < -0.3 is 20.1 Å². The lowest BCUT2D eigenvalue weighted by molar-refractivity contribution is 0.0822. The van der Waals surface area contributed by atoms with E-state index in [9.17, 15) is 19.4 Å². The molecule has 0 aliphatic heterocycles. The van der Waals surface area contributed by atoms with Crippen LogP contribution in [-0.4, -0.2) is 32.9 Å². The fourth-order valence-electron chi connectivity index (χ4n) is 5.00. The second-order valence-electron chi connectivity index (χ2n) is 10.0. The molecule has 6 heteroatoms. The summed E-state index contributed by atoms with van der Waals surface area (Å²) in [6.45, 7) is 6.16. The molecule has 0 spiro atoms. The average Bonchev–Trinajstić information content (AvgIpc) is 3.24. The Morgan fingerprint density at radius 1 is 0.868 bits per heavy atom. The molecule has 3 N–H and O–H groups in total. The third-order valence-electron chi connectivity index (χ3n) is 6.59. The number of halogens is 1. The number of nitrogens with one attached hydrogen (secondary N) is 1. The molecule has 0 radical (unpaired) electrons. The first-order chi connectivity index (χ1) is 18.3. The van der Waals surface area contributed by atoms with Crippen LogP contribution in [0.4, 0.5) is 10.1 Å². The number of rotatable bonds is 10. The summed E-state index contributed by atoms with van der Waals surface area (Å²) in [5.41, 5.74) is 5.28. The smallest absolute Gasteiger partial charge is 0.258 e. The molecule has 0 aliphatic rings. The molecule has 0 fully saturated rings. The van der Waals surface area contributed by atoms with Gasteiger partial charge in [0, 0.05) is 23.5 Å². The summed E-state index contributed by atoms with van der Waals surface area (Å²) < 4.78 is 16.0. The van der Waals surface area contributed by atoms with Gasteiger partial charge in [-0.15, -0.1) is 0 Å². The van der Waals surface area contributed by atoms with Gasteiger partial charge in [-0.25, -0.2) is 4.39 Å². The van der Waals surface area contributed by atoms with Gasteiger partial charge in [-0.3, -0.25) is 4.79 Å². The molecular weight excluding hydrogens is 479 g/mol. The third-order valence-corrected chi connectivity index (χ3v) is 6.59. The number of nitrogens with zero attached hydrogens (tertiary/aromatic N) is 1. The topological polar surface area (TPSA) is 74.5 Å². The van der Waals surface area contributed by atoms with E-state index in [4.69, 9.17) is 0 Å². The predicted molar refractivity (Wildman–Crippen MR) is 151 cm³/mol. The normalized spacial score (nSPS) is 12.9. The number of hydrogen-bond donors (Lipinski definition) is 3. The quantitative estimate of drug-likeness (QED) is 0.216. The highest BCUT2D eigenvalue weighted by atomic mass is 19.1. The van der Waals surface area contributed by atoms with Gasteiger partial charge in [0.05, 0.1) is 23.5 Å². The molecule has 4 aromatic rings. The van der Waals surface area contributed by atoms with E-state index in [0.717, 1.165) is 28.1 Å². The number of anilines is 1. The van der Waals surface area contributed by atoms with Crippen LogP contribution < -0.4 is 5.32 Å². The summed E-state index contributed by atoms with van der Waals surface area (Å²) in [4.78, 5) is 14.0. The van der Waals surface area contributed by atoms with Gasteiger partial charge in [0.25, 0.3) is 5.91 Å². The zero-order valence-electron chi connectivity index (χ0n) is 22.1. The van der Waals surface area contributed by atoms with E-state index < -0.39 is 12.2 Å². The number of benzene rings is 3. The van der Waals surface area contributed by atoms with Crippen molar-refractivity contribution in [3.8, 4) is 22.4 Å². The summed E-state index contributed by atoms with van der Waals surface area (Å²) in [5, 5.41) is 23.4. The Morgan fingerprint density at radius 2 is 1.47 bits per heavy atom. The van der Waals surface area contributed by atoms with Gasteiger partial charge in [0.15, 0.2) is 0 Å². The summed E-state index contributed by atoms with van der Waals surface area (Å²) in [6.07, 6.45) is -0.679. The molecule has 1 aromatic heterocycles. The van der Waals surface area contributed by atoms with E-state index in [0.29, 0.717) is 24.2 Å². The van der Waals surface area contributed by atoms with Crippen LogP contribution in [0.5, 0.6) is 0 Å². The minimum atomic E-state index is -0.708. The Hall–Kier alpha value is -3.74. The number of aliphatic hydroxyl groups is 2. The molecule has 3 aromatic carbocycles. The van der Waals surface area contributed by atoms with Gasteiger partial charge in [0.1, 0.15) is 5.82 Å². The number of aromatic nitrogens is 1. The van der Waals surface area contributed by atoms with Crippen LogP contribution in [0.1, 0.15) is 55.6 Å². The van der Waals surface area contributed by atoms with E-state index in [1.54, 1.807) is 19.1 Å². The highest BCUT2D eigenvalue weighted by molar-refractivity contribution is 6.12. The SMILES string of the molecule is CC(O)CC(O)CCn1c(-c2ccc(F)cc2)c(-c2ccccc2)c(C(=O)Nc2ccccc2)c1C(C)C. The van der Waals surface area contributed by atoms with Crippen molar-refractivity contribution < 1.29 is 19.4 Å². The maximum absolute atomic E-state index is 14.0. The summed E-state index contributed by atoms with van der Waals surface area (Å²) in [5.74, 6) is -0.603. The van der Waals surface area contributed by atoms with Gasteiger partial charge in [-0.1, -0.05) is 62.4 Å². The lowest BCUT2D eigenvalue weighted by Crippen LogP contribution is -2.19. The zero-order chi connectivity index (χ0) is 27.2. The van der Waals surface area contributed by atoms with Gasteiger partial charge in [-0.2, -0.15) is 0 Å². The molecule has 38 heavy (non-hydrogen) atoms. The molecule has 1 amide bonds. The maximum atomic E-state index is 14.0. The number of hydrogen-bond acceptors (Lipinski definition) is 3. The van der Waals surface area contributed by atoms with Crippen LogP contribution in [0.3, 0.4) is 0 Å². The highest BCUT2D eigenvalue weighted by Crippen LogP contribution is 2.42. The van der Waals surface area contributed by atoms with Gasteiger partial charge in [0.2, 0.25) is 0 Å². The Kier molecular flexibility index (Phi) is 8.77. The molecule has 0 aliphatic carbocycles. The molecule has 0 saturated carbocycles. The van der Waals surface area contributed by atoms with Crippen molar-refractivity contribution in [3.05, 3.63) is 102 Å². The predicted octanol–water partition coefficient (Wildman–Crippen LogP) is 6.86. The van der Waals surface area contributed by atoms with Crippen molar-refractivity contribution >= 4 is 11.6 Å². The van der Waals surface area contributed by atoms with Crippen molar-refractivity contribution in [3.63, 3.8) is 0 Å². The van der Waals surface area contributed by atoms with Crippen molar-refractivity contribution in [2.75, 3.05) is 5.32 Å². The molecule has 5 nitrogen and oxygen atoms in total. The van der Waals surface area contributed by atoms with Crippen molar-refractivity contribution in [2.45, 2.75) is 58.3 Å². The Balaban J connectivity index is 1.97. The van der Waals surface area contributed by atoms with Gasteiger partial charge in [-0.05, 0) is 73.2 Å². The second-order valence-corrected chi connectivity index (χ2v) is 10.0. The lowest BCUT2D eigenvalue weighted by atomic mass is 9.94. The largest absolute Gasteiger partial charge is 0.393 e. The number of para-hydroxylation sites is 1. The molecule has 1 heterocycles. The fourth-order valence-corrected chi connectivity index (χ4v) is 5.00. The van der Waals surface area contributed by atoms with Crippen molar-refractivity contribution in [1.82, 2.24) is 4.57 Å². The number of carbonyl (C=O) groups excluding carboxylic acids is 1. The Bertz CT molecular complexity index is 1350. The molecule has 2 atom stereocenters. The molecule has 4 rings (SSSR count). The van der Waals surface area contributed by atoms with Crippen LogP contribution >= 0.6 is 0 Å². The Labute approximate surface area is 223 Å². The number of aliphatic hydroxyl groups excluding tert-OH is 2. The van der Waals surface area contributed by atoms with Crippen LogP contribution in [0, 0.1) is 5.82 Å². The number of amides is 1. The van der Waals surface area contributed by atoms with E-state index in [1.807, 2.05) is 74.5 Å².